The molecule has 90 valence electrons. The molecular formula is C11H12BrN3O2. The molecule has 6 heteroatoms. The molecule has 0 fully saturated rings. The number of hydrogen-bond acceptors (Lipinski definition) is 2. The summed E-state index contributed by atoms with van der Waals surface area (Å²) in [7, 11) is 1.94. The number of nitrogens with one attached hydrogen (secondary N) is 1. The van der Waals surface area contributed by atoms with E-state index in [2.05, 4.69) is 26.2 Å². The van der Waals surface area contributed by atoms with Crippen molar-refractivity contribution in [2.75, 3.05) is 0 Å². The van der Waals surface area contributed by atoms with E-state index in [-0.39, 0.29) is 6.04 Å². The normalized spacial score (nSPS) is 12.6. The number of nitrogens with zero attached hydrogens (tertiary/aromatic N) is 2. The van der Waals surface area contributed by atoms with Crippen molar-refractivity contribution in [1.29, 1.82) is 0 Å². The van der Waals surface area contributed by atoms with Gasteiger partial charge in [-0.25, -0.2) is 9.78 Å². The fourth-order valence-corrected chi connectivity index (χ4v) is 2.38. The van der Waals surface area contributed by atoms with Crippen LogP contribution in [0.4, 0.5) is 4.79 Å². The lowest BCUT2D eigenvalue weighted by Gasteiger charge is -2.13. The van der Waals surface area contributed by atoms with E-state index in [1.54, 1.807) is 6.92 Å². The number of hydrogen-bond donors (Lipinski definition) is 2. The second kappa shape index (κ2) is 4.37. The molecule has 0 radical (unpaired) electrons. The van der Waals surface area contributed by atoms with Crippen LogP contribution < -0.4 is 5.32 Å². The van der Waals surface area contributed by atoms with Crippen LogP contribution in [0.5, 0.6) is 0 Å². The first kappa shape index (κ1) is 11.9. The molecule has 2 heterocycles. The van der Waals surface area contributed by atoms with Crippen molar-refractivity contribution in [1.82, 2.24) is 14.9 Å². The zero-order valence-corrected chi connectivity index (χ0v) is 11.0. The molecule has 0 bridgehead atoms. The highest BCUT2D eigenvalue weighted by Gasteiger charge is 2.15. The first-order valence-electron chi connectivity index (χ1n) is 5.10. The molecule has 0 aliphatic heterocycles. The molecule has 2 rings (SSSR count). The third kappa shape index (κ3) is 2.26. The highest BCUT2D eigenvalue weighted by molar-refractivity contribution is 9.10. The number of aromatic nitrogens is 2. The number of rotatable bonds is 2. The summed E-state index contributed by atoms with van der Waals surface area (Å²) in [6.45, 7) is 1.76. The minimum Gasteiger partial charge on any atom is -0.465 e. The summed E-state index contributed by atoms with van der Waals surface area (Å²) in [6.07, 6.45) is 0.864. The summed E-state index contributed by atoms with van der Waals surface area (Å²) in [4.78, 5) is 15.1. The molecule has 5 nitrogen and oxygen atoms in total. The van der Waals surface area contributed by atoms with Crippen molar-refractivity contribution >= 4 is 33.1 Å². The molecule has 0 aliphatic rings. The van der Waals surface area contributed by atoms with Crippen LogP contribution in [0.2, 0.25) is 0 Å². The van der Waals surface area contributed by atoms with Gasteiger partial charge in [-0.2, -0.15) is 0 Å². The largest absolute Gasteiger partial charge is 0.465 e. The fourth-order valence-electron chi connectivity index (χ4n) is 1.73. The summed E-state index contributed by atoms with van der Waals surface area (Å²) < 4.78 is 2.76. The number of fused-ring (bicyclic) bond motifs is 1. The van der Waals surface area contributed by atoms with Crippen LogP contribution in [0.1, 0.15) is 18.7 Å². The minimum atomic E-state index is -1.06. The number of aryl methyl sites for hydroxylation is 1. The Morgan fingerprint density at radius 1 is 1.65 bits per heavy atom. The monoisotopic (exact) mass is 297 g/mol. The average molecular weight is 298 g/mol. The van der Waals surface area contributed by atoms with Crippen molar-refractivity contribution in [3.05, 3.63) is 28.5 Å². The standard InChI is InChI=1S/C11H12BrN3O2/c1-6(13-11(16)17)10-7(12)5-9-8(14-10)3-4-15(9)2/h3-6,13H,1-2H3,(H,16,17)/t6-/m0/s1. The molecule has 0 saturated heterocycles. The van der Waals surface area contributed by atoms with Gasteiger partial charge in [0.05, 0.1) is 22.8 Å². The smallest absolute Gasteiger partial charge is 0.405 e. The summed E-state index contributed by atoms with van der Waals surface area (Å²) in [6, 6.07) is 3.49. The molecule has 1 atom stereocenters. The second-order valence-corrected chi connectivity index (χ2v) is 4.71. The van der Waals surface area contributed by atoms with Crippen molar-refractivity contribution in [2.24, 2.45) is 7.05 Å². The van der Waals surface area contributed by atoms with Gasteiger partial charge in [-0.15, -0.1) is 0 Å². The van der Waals surface area contributed by atoms with Crippen molar-refractivity contribution < 1.29 is 9.90 Å². The maximum Gasteiger partial charge on any atom is 0.405 e. The van der Waals surface area contributed by atoms with E-state index < -0.39 is 6.09 Å². The summed E-state index contributed by atoms with van der Waals surface area (Å²) in [5, 5.41) is 11.1. The number of amides is 1. The topological polar surface area (TPSA) is 67.2 Å². The van der Waals surface area contributed by atoms with E-state index in [4.69, 9.17) is 5.11 Å². The van der Waals surface area contributed by atoms with Crippen LogP contribution in [-0.4, -0.2) is 20.8 Å². The second-order valence-electron chi connectivity index (χ2n) is 3.86. The van der Waals surface area contributed by atoms with Gasteiger partial charge in [0.15, 0.2) is 0 Å². The fraction of sp³-hybridized carbons (Fsp3) is 0.273. The van der Waals surface area contributed by atoms with Crippen LogP contribution in [0.15, 0.2) is 22.8 Å². The van der Waals surface area contributed by atoms with E-state index >= 15 is 0 Å². The minimum absolute atomic E-state index is 0.355. The highest BCUT2D eigenvalue weighted by atomic mass is 79.9. The van der Waals surface area contributed by atoms with Gasteiger partial charge < -0.3 is 15.0 Å². The lowest BCUT2D eigenvalue weighted by molar-refractivity contribution is 0.190. The molecule has 2 N–H and O–H groups in total. The molecule has 17 heavy (non-hydrogen) atoms. The van der Waals surface area contributed by atoms with Gasteiger partial charge >= 0.3 is 6.09 Å². The van der Waals surface area contributed by atoms with Crippen LogP contribution in [0.25, 0.3) is 11.0 Å². The zero-order chi connectivity index (χ0) is 12.6. The van der Waals surface area contributed by atoms with Crippen molar-refractivity contribution in [3.63, 3.8) is 0 Å². The quantitative estimate of drug-likeness (QED) is 0.895. The van der Waals surface area contributed by atoms with Crippen LogP contribution in [0, 0.1) is 0 Å². The Kier molecular flexibility index (Phi) is 3.06. The average Bonchev–Trinajstić information content (AvgIpc) is 2.58. The SMILES string of the molecule is C[C@H](NC(=O)O)c1nc2ccn(C)c2cc1Br. The molecule has 0 spiro atoms. The van der Waals surface area contributed by atoms with E-state index in [1.807, 2.05) is 29.9 Å². The van der Waals surface area contributed by atoms with Gasteiger partial charge in [0.2, 0.25) is 0 Å². The molecule has 2 aromatic heterocycles. The third-order valence-electron chi connectivity index (χ3n) is 2.60. The molecular weight excluding hydrogens is 286 g/mol. The summed E-state index contributed by atoms with van der Waals surface area (Å²) in [5.74, 6) is 0. The highest BCUT2D eigenvalue weighted by Crippen LogP contribution is 2.26. The van der Waals surface area contributed by atoms with Gasteiger partial charge in [0, 0.05) is 17.7 Å². The van der Waals surface area contributed by atoms with Gasteiger partial charge in [-0.05, 0) is 35.0 Å². The zero-order valence-electron chi connectivity index (χ0n) is 9.44. The van der Waals surface area contributed by atoms with Crippen molar-refractivity contribution in [2.45, 2.75) is 13.0 Å². The van der Waals surface area contributed by atoms with Crippen LogP contribution >= 0.6 is 15.9 Å². The van der Waals surface area contributed by atoms with Gasteiger partial charge in [-0.1, -0.05) is 0 Å². The van der Waals surface area contributed by atoms with E-state index in [9.17, 15) is 4.79 Å². The molecule has 1 amide bonds. The Balaban J connectivity index is 2.47. The Bertz CT molecular complexity index is 579. The Morgan fingerprint density at radius 2 is 2.35 bits per heavy atom. The summed E-state index contributed by atoms with van der Waals surface area (Å²) >= 11 is 3.42. The van der Waals surface area contributed by atoms with Crippen molar-refractivity contribution in [3.8, 4) is 0 Å². The predicted molar refractivity (Wildman–Crippen MR) is 68.0 cm³/mol. The van der Waals surface area contributed by atoms with E-state index in [0.29, 0.717) is 5.69 Å². The van der Waals surface area contributed by atoms with Crippen LogP contribution in [-0.2, 0) is 7.05 Å². The molecule has 0 saturated carbocycles. The van der Waals surface area contributed by atoms with Gasteiger partial charge in [0.25, 0.3) is 0 Å². The molecule has 0 unspecified atom stereocenters. The Labute approximate surface area is 107 Å². The number of carbonyl (C=O) groups is 1. The maximum absolute atomic E-state index is 10.6. The lowest BCUT2D eigenvalue weighted by Crippen LogP contribution is -2.25. The first-order chi connectivity index (χ1) is 7.99. The Hall–Kier alpha value is -1.56. The molecule has 0 aliphatic carbocycles. The molecule has 0 aromatic carbocycles. The number of halogens is 1. The maximum atomic E-state index is 10.6. The number of carboxylic acid groups (broad SMARTS) is 1. The van der Waals surface area contributed by atoms with Gasteiger partial charge in [-0.3, -0.25) is 0 Å². The van der Waals surface area contributed by atoms with E-state index in [0.717, 1.165) is 15.5 Å². The van der Waals surface area contributed by atoms with Crippen LogP contribution in [0.3, 0.4) is 0 Å². The lowest BCUT2D eigenvalue weighted by atomic mass is 10.2. The Morgan fingerprint density at radius 3 is 3.00 bits per heavy atom. The van der Waals surface area contributed by atoms with Gasteiger partial charge in [0.1, 0.15) is 0 Å². The number of pyridine rings is 1. The predicted octanol–water partition coefficient (Wildman–Crippen LogP) is 2.66. The van der Waals surface area contributed by atoms with E-state index in [1.165, 1.54) is 0 Å². The first-order valence-corrected chi connectivity index (χ1v) is 5.89. The third-order valence-corrected chi connectivity index (χ3v) is 3.23. The molecule has 2 aromatic rings. The summed E-state index contributed by atoms with van der Waals surface area (Å²) in [5.41, 5.74) is 2.54.